The third-order valence-corrected chi connectivity index (χ3v) is 1.61. The van der Waals surface area contributed by atoms with Gasteiger partial charge < -0.3 is 5.32 Å². The number of anilines is 1. The van der Waals surface area contributed by atoms with E-state index in [4.69, 9.17) is 0 Å². The number of nitrogens with zero attached hydrogens (tertiary/aromatic N) is 2. The number of rotatable bonds is 3. The predicted octanol–water partition coefficient (Wildman–Crippen LogP) is 0.767. The Labute approximate surface area is 68.4 Å². The van der Waals surface area contributed by atoms with E-state index in [0.29, 0.717) is 17.3 Å². The van der Waals surface area contributed by atoms with Gasteiger partial charge in [0.25, 0.3) is 0 Å². The molecule has 0 bridgehead atoms. The SMILES string of the molecule is CSc1ncc(NC=O)cn1. The van der Waals surface area contributed by atoms with Crippen molar-refractivity contribution in [2.45, 2.75) is 5.16 Å². The van der Waals surface area contributed by atoms with Crippen LogP contribution in [0, 0.1) is 0 Å². The van der Waals surface area contributed by atoms with Gasteiger partial charge in [-0.1, -0.05) is 11.8 Å². The number of hydrogen-bond donors (Lipinski definition) is 1. The highest BCUT2D eigenvalue weighted by atomic mass is 32.2. The van der Waals surface area contributed by atoms with Gasteiger partial charge in [-0.3, -0.25) is 4.79 Å². The first-order valence-electron chi connectivity index (χ1n) is 2.93. The van der Waals surface area contributed by atoms with Crippen molar-refractivity contribution in [2.75, 3.05) is 11.6 Å². The van der Waals surface area contributed by atoms with Crippen LogP contribution < -0.4 is 5.32 Å². The Morgan fingerprint density at radius 3 is 2.64 bits per heavy atom. The lowest BCUT2D eigenvalue weighted by Gasteiger charge is -1.96. The molecule has 1 aromatic rings. The summed E-state index contributed by atoms with van der Waals surface area (Å²) >= 11 is 1.46. The summed E-state index contributed by atoms with van der Waals surface area (Å²) in [4.78, 5) is 17.8. The Kier molecular flexibility index (Phi) is 2.85. The van der Waals surface area contributed by atoms with Crippen LogP contribution in [0.15, 0.2) is 17.6 Å². The standard InChI is InChI=1S/C6H7N3OS/c1-11-6-7-2-5(3-8-6)9-4-10/h2-4H,1H3,(H,9,10). The average molecular weight is 169 g/mol. The van der Waals surface area contributed by atoms with Crippen LogP contribution in [0.1, 0.15) is 0 Å². The normalized spacial score (nSPS) is 9.18. The maximum absolute atomic E-state index is 9.96. The van der Waals surface area contributed by atoms with Gasteiger partial charge in [0.1, 0.15) is 0 Å². The first-order valence-corrected chi connectivity index (χ1v) is 4.15. The third kappa shape index (κ3) is 2.19. The van der Waals surface area contributed by atoms with Gasteiger partial charge in [-0.15, -0.1) is 0 Å². The minimum Gasteiger partial charge on any atom is -0.326 e. The van der Waals surface area contributed by atoms with Crippen molar-refractivity contribution >= 4 is 23.9 Å². The van der Waals surface area contributed by atoms with Crippen LogP contribution in [0.4, 0.5) is 5.69 Å². The van der Waals surface area contributed by atoms with E-state index in [1.165, 1.54) is 11.8 Å². The zero-order valence-electron chi connectivity index (χ0n) is 5.94. The predicted molar refractivity (Wildman–Crippen MR) is 43.5 cm³/mol. The van der Waals surface area contributed by atoms with Crippen molar-refractivity contribution < 1.29 is 4.79 Å². The molecular weight excluding hydrogens is 162 g/mol. The number of carbonyl (C=O) groups excluding carboxylic acids is 1. The summed E-state index contributed by atoms with van der Waals surface area (Å²) in [7, 11) is 0. The lowest BCUT2D eigenvalue weighted by atomic mass is 10.5. The Hall–Kier alpha value is -1.10. The van der Waals surface area contributed by atoms with E-state index in [0.717, 1.165) is 0 Å². The molecule has 0 aliphatic heterocycles. The van der Waals surface area contributed by atoms with Crippen LogP contribution in [-0.4, -0.2) is 22.6 Å². The molecule has 11 heavy (non-hydrogen) atoms. The molecule has 1 rings (SSSR count). The molecule has 0 spiro atoms. The summed E-state index contributed by atoms with van der Waals surface area (Å²) in [5.41, 5.74) is 0.609. The number of aromatic nitrogens is 2. The van der Waals surface area contributed by atoms with Gasteiger partial charge in [-0.05, 0) is 6.26 Å². The van der Waals surface area contributed by atoms with Crippen molar-refractivity contribution in [1.29, 1.82) is 0 Å². The lowest BCUT2D eigenvalue weighted by molar-refractivity contribution is -0.105. The Bertz CT molecular complexity index is 236. The molecule has 1 amide bonds. The average Bonchev–Trinajstić information content (AvgIpc) is 2.07. The summed E-state index contributed by atoms with van der Waals surface area (Å²) in [5, 5.41) is 3.14. The number of carbonyl (C=O) groups is 1. The molecule has 58 valence electrons. The molecule has 5 heteroatoms. The van der Waals surface area contributed by atoms with Crippen molar-refractivity contribution in [1.82, 2.24) is 9.97 Å². The Morgan fingerprint density at radius 2 is 2.18 bits per heavy atom. The van der Waals surface area contributed by atoms with Gasteiger partial charge in [0.05, 0.1) is 18.1 Å². The Balaban J connectivity index is 2.74. The van der Waals surface area contributed by atoms with Crippen LogP contribution in [-0.2, 0) is 4.79 Å². The van der Waals surface area contributed by atoms with Crippen molar-refractivity contribution in [2.24, 2.45) is 0 Å². The van der Waals surface area contributed by atoms with Gasteiger partial charge in [0.15, 0.2) is 5.16 Å². The van der Waals surface area contributed by atoms with E-state index < -0.39 is 0 Å². The minimum absolute atomic E-state index is 0.595. The highest BCUT2D eigenvalue weighted by Crippen LogP contribution is 2.08. The Morgan fingerprint density at radius 1 is 1.55 bits per heavy atom. The first-order chi connectivity index (χ1) is 5.36. The molecule has 0 atom stereocenters. The largest absolute Gasteiger partial charge is 0.326 e. The number of amides is 1. The van der Waals surface area contributed by atoms with Crippen LogP contribution in [0.25, 0.3) is 0 Å². The van der Waals surface area contributed by atoms with Gasteiger partial charge >= 0.3 is 0 Å². The zero-order valence-corrected chi connectivity index (χ0v) is 6.76. The highest BCUT2D eigenvalue weighted by molar-refractivity contribution is 7.98. The molecule has 1 N–H and O–H groups in total. The van der Waals surface area contributed by atoms with Crippen LogP contribution >= 0.6 is 11.8 Å². The van der Waals surface area contributed by atoms with E-state index in [2.05, 4.69) is 15.3 Å². The van der Waals surface area contributed by atoms with Gasteiger partial charge in [-0.2, -0.15) is 0 Å². The fraction of sp³-hybridized carbons (Fsp3) is 0.167. The maximum atomic E-state index is 9.96. The summed E-state index contributed by atoms with van der Waals surface area (Å²) in [6, 6.07) is 0. The van der Waals surface area contributed by atoms with Gasteiger partial charge in [0.2, 0.25) is 6.41 Å². The molecule has 4 nitrogen and oxygen atoms in total. The second-order valence-electron chi connectivity index (χ2n) is 1.72. The molecule has 0 unspecified atom stereocenters. The molecule has 1 heterocycles. The third-order valence-electron chi connectivity index (χ3n) is 1.04. The quantitative estimate of drug-likeness (QED) is 0.412. The van der Waals surface area contributed by atoms with Gasteiger partial charge in [-0.25, -0.2) is 9.97 Å². The second-order valence-corrected chi connectivity index (χ2v) is 2.49. The lowest BCUT2D eigenvalue weighted by Crippen LogP contribution is -1.95. The molecule has 0 aliphatic rings. The molecule has 0 aromatic carbocycles. The highest BCUT2D eigenvalue weighted by Gasteiger charge is 1.92. The number of thioether (sulfide) groups is 1. The summed E-state index contributed by atoms with van der Waals surface area (Å²) in [6.07, 6.45) is 5.61. The zero-order chi connectivity index (χ0) is 8.10. The second kappa shape index (κ2) is 3.92. The smallest absolute Gasteiger partial charge is 0.211 e. The fourth-order valence-corrected chi connectivity index (χ4v) is 0.880. The van der Waals surface area contributed by atoms with Crippen molar-refractivity contribution in [3.63, 3.8) is 0 Å². The topological polar surface area (TPSA) is 54.9 Å². The van der Waals surface area contributed by atoms with Crippen molar-refractivity contribution in [3.05, 3.63) is 12.4 Å². The van der Waals surface area contributed by atoms with Crippen LogP contribution in [0.3, 0.4) is 0 Å². The minimum atomic E-state index is 0.595. The molecule has 0 radical (unpaired) electrons. The van der Waals surface area contributed by atoms with Gasteiger partial charge in [0, 0.05) is 0 Å². The molecule has 0 saturated heterocycles. The molecule has 0 fully saturated rings. The van der Waals surface area contributed by atoms with Crippen molar-refractivity contribution in [3.8, 4) is 0 Å². The molecule has 0 saturated carbocycles. The number of hydrogen-bond acceptors (Lipinski definition) is 4. The van der Waals surface area contributed by atoms with Crippen LogP contribution in [0.5, 0.6) is 0 Å². The number of nitrogens with one attached hydrogen (secondary N) is 1. The van der Waals surface area contributed by atoms with E-state index >= 15 is 0 Å². The van der Waals surface area contributed by atoms with E-state index in [9.17, 15) is 4.79 Å². The summed E-state index contributed by atoms with van der Waals surface area (Å²) < 4.78 is 0. The summed E-state index contributed by atoms with van der Waals surface area (Å²) in [5.74, 6) is 0. The first kappa shape index (κ1) is 8.00. The monoisotopic (exact) mass is 169 g/mol. The van der Waals surface area contributed by atoms with E-state index in [1.807, 2.05) is 6.26 Å². The molecule has 1 aromatic heterocycles. The van der Waals surface area contributed by atoms with E-state index in [1.54, 1.807) is 12.4 Å². The summed E-state index contributed by atoms with van der Waals surface area (Å²) in [6.45, 7) is 0. The molecule has 0 aliphatic carbocycles. The van der Waals surface area contributed by atoms with E-state index in [-0.39, 0.29) is 0 Å². The maximum Gasteiger partial charge on any atom is 0.211 e. The fourth-order valence-electron chi connectivity index (χ4n) is 0.564. The molecular formula is C6H7N3OS. The van der Waals surface area contributed by atoms with Crippen LogP contribution in [0.2, 0.25) is 0 Å².